The quantitative estimate of drug-likeness (QED) is 0.797. The van der Waals surface area contributed by atoms with E-state index in [-0.39, 0.29) is 11.9 Å². The van der Waals surface area contributed by atoms with Crippen LogP contribution in [0, 0.1) is 0 Å². The van der Waals surface area contributed by atoms with E-state index >= 15 is 0 Å². The predicted octanol–water partition coefficient (Wildman–Crippen LogP) is 3.88. The molecular formula is C22H28ClN3O2. The van der Waals surface area contributed by atoms with Gasteiger partial charge in [0.15, 0.2) is 0 Å². The normalized spacial score (nSPS) is 17.0. The van der Waals surface area contributed by atoms with Crippen LogP contribution >= 0.6 is 11.6 Å². The lowest BCUT2D eigenvalue weighted by molar-refractivity contribution is -0.120. The number of nitrogens with one attached hydrogen (secondary N) is 1. The molecule has 2 aromatic carbocycles. The first-order chi connectivity index (χ1) is 13.6. The number of carbonyl (C=O) groups is 1. The number of carbonyl (C=O) groups excluding carboxylic acids is 1. The van der Waals surface area contributed by atoms with Crippen LogP contribution in [0.15, 0.2) is 48.5 Å². The standard InChI is InChI=1S/C22H28ClN3O2/c1-17(22(27)24-19-9-10-21(28-2)20(23)15-19)26-12-6-11-25(13-14-26)16-18-7-4-3-5-8-18/h3-5,7-10,15,17H,6,11-14,16H2,1-2H3,(H,24,27). The van der Waals surface area contributed by atoms with Gasteiger partial charge in [0.2, 0.25) is 5.91 Å². The van der Waals surface area contributed by atoms with Gasteiger partial charge in [-0.1, -0.05) is 41.9 Å². The van der Waals surface area contributed by atoms with E-state index in [1.807, 2.05) is 13.0 Å². The van der Waals surface area contributed by atoms with E-state index < -0.39 is 0 Å². The van der Waals surface area contributed by atoms with E-state index in [9.17, 15) is 4.79 Å². The Morgan fingerprint density at radius 2 is 1.93 bits per heavy atom. The number of ether oxygens (including phenoxy) is 1. The zero-order valence-electron chi connectivity index (χ0n) is 16.5. The number of hydrogen-bond acceptors (Lipinski definition) is 4. The van der Waals surface area contributed by atoms with E-state index in [1.165, 1.54) is 5.56 Å². The number of methoxy groups -OCH3 is 1. The zero-order valence-corrected chi connectivity index (χ0v) is 17.3. The second kappa shape index (κ2) is 9.92. The van der Waals surface area contributed by atoms with Crippen LogP contribution in [-0.4, -0.2) is 55.0 Å². The summed E-state index contributed by atoms with van der Waals surface area (Å²) in [6, 6.07) is 15.6. The summed E-state index contributed by atoms with van der Waals surface area (Å²) in [5, 5.41) is 3.45. The molecule has 0 spiro atoms. The van der Waals surface area contributed by atoms with Gasteiger partial charge in [-0.15, -0.1) is 0 Å². The highest BCUT2D eigenvalue weighted by Crippen LogP contribution is 2.27. The second-order valence-electron chi connectivity index (χ2n) is 7.17. The molecule has 0 aliphatic carbocycles. The fraction of sp³-hybridized carbons (Fsp3) is 0.409. The van der Waals surface area contributed by atoms with Gasteiger partial charge in [-0.05, 0) is 43.7 Å². The molecule has 0 aromatic heterocycles. The van der Waals surface area contributed by atoms with Crippen LogP contribution in [0.1, 0.15) is 18.9 Å². The van der Waals surface area contributed by atoms with Gasteiger partial charge in [0.05, 0.1) is 18.2 Å². The van der Waals surface area contributed by atoms with E-state index in [1.54, 1.807) is 25.3 Å². The third-order valence-corrected chi connectivity index (χ3v) is 5.51. The molecule has 1 saturated heterocycles. The first-order valence-corrected chi connectivity index (χ1v) is 10.1. The monoisotopic (exact) mass is 401 g/mol. The van der Waals surface area contributed by atoms with Gasteiger partial charge in [-0.3, -0.25) is 14.6 Å². The fourth-order valence-corrected chi connectivity index (χ4v) is 3.79. The highest BCUT2D eigenvalue weighted by atomic mass is 35.5. The van der Waals surface area contributed by atoms with Crippen molar-refractivity contribution in [1.82, 2.24) is 9.80 Å². The highest BCUT2D eigenvalue weighted by molar-refractivity contribution is 6.32. The Labute approximate surface area is 172 Å². The summed E-state index contributed by atoms with van der Waals surface area (Å²) in [5.41, 5.74) is 2.02. The maximum atomic E-state index is 12.7. The molecule has 6 heteroatoms. The molecule has 1 heterocycles. The van der Waals surface area contributed by atoms with E-state index in [0.717, 1.165) is 39.1 Å². The van der Waals surface area contributed by atoms with Crippen molar-refractivity contribution >= 4 is 23.2 Å². The predicted molar refractivity (Wildman–Crippen MR) is 114 cm³/mol. The Bertz CT molecular complexity index is 785. The Balaban J connectivity index is 1.54. The SMILES string of the molecule is COc1ccc(NC(=O)C(C)N2CCCN(Cc3ccccc3)CC2)cc1Cl. The number of anilines is 1. The molecule has 0 bridgehead atoms. The number of benzene rings is 2. The Hall–Kier alpha value is -2.08. The summed E-state index contributed by atoms with van der Waals surface area (Å²) in [5.74, 6) is 0.580. The maximum absolute atomic E-state index is 12.7. The molecule has 3 rings (SSSR count). The molecule has 1 unspecified atom stereocenters. The smallest absolute Gasteiger partial charge is 0.241 e. The summed E-state index contributed by atoms with van der Waals surface area (Å²) in [7, 11) is 1.57. The molecule has 0 radical (unpaired) electrons. The zero-order chi connectivity index (χ0) is 19.9. The van der Waals surface area contributed by atoms with Crippen LogP contribution in [-0.2, 0) is 11.3 Å². The van der Waals surface area contributed by atoms with Gasteiger partial charge < -0.3 is 10.1 Å². The minimum Gasteiger partial charge on any atom is -0.495 e. The topological polar surface area (TPSA) is 44.8 Å². The summed E-state index contributed by atoms with van der Waals surface area (Å²) < 4.78 is 5.16. The second-order valence-corrected chi connectivity index (χ2v) is 7.57. The van der Waals surface area contributed by atoms with Crippen molar-refractivity contribution in [3.63, 3.8) is 0 Å². The minimum atomic E-state index is -0.197. The lowest BCUT2D eigenvalue weighted by atomic mass is 10.2. The van der Waals surface area contributed by atoms with Crippen molar-refractivity contribution in [1.29, 1.82) is 0 Å². The molecule has 28 heavy (non-hydrogen) atoms. The van der Waals surface area contributed by atoms with Crippen molar-refractivity contribution in [2.75, 3.05) is 38.6 Å². The molecule has 1 amide bonds. The van der Waals surface area contributed by atoms with Crippen molar-refractivity contribution in [2.45, 2.75) is 25.9 Å². The van der Waals surface area contributed by atoms with Gasteiger partial charge in [0, 0.05) is 31.9 Å². The van der Waals surface area contributed by atoms with Gasteiger partial charge in [0.1, 0.15) is 5.75 Å². The molecular weight excluding hydrogens is 374 g/mol. The largest absolute Gasteiger partial charge is 0.495 e. The number of amides is 1. The molecule has 1 aliphatic heterocycles. The van der Waals surface area contributed by atoms with Crippen molar-refractivity contribution in [2.24, 2.45) is 0 Å². The van der Waals surface area contributed by atoms with E-state index in [0.29, 0.717) is 16.5 Å². The lowest BCUT2D eigenvalue weighted by Crippen LogP contribution is -2.43. The summed E-state index contributed by atoms with van der Waals surface area (Å²) in [6.45, 7) is 6.73. The fourth-order valence-electron chi connectivity index (χ4n) is 3.53. The van der Waals surface area contributed by atoms with Crippen LogP contribution < -0.4 is 10.1 Å². The average Bonchev–Trinajstić information content (AvgIpc) is 2.94. The van der Waals surface area contributed by atoms with Gasteiger partial charge in [-0.25, -0.2) is 0 Å². The molecule has 1 N–H and O–H groups in total. The van der Waals surface area contributed by atoms with Crippen LogP contribution in [0.3, 0.4) is 0 Å². The van der Waals surface area contributed by atoms with Crippen LogP contribution in [0.25, 0.3) is 0 Å². The Kier molecular flexibility index (Phi) is 7.31. The average molecular weight is 402 g/mol. The number of hydrogen-bond donors (Lipinski definition) is 1. The maximum Gasteiger partial charge on any atom is 0.241 e. The van der Waals surface area contributed by atoms with Crippen LogP contribution in [0.5, 0.6) is 5.75 Å². The number of rotatable bonds is 6. The Morgan fingerprint density at radius 3 is 2.64 bits per heavy atom. The first kappa shape index (κ1) is 20.6. The summed E-state index contributed by atoms with van der Waals surface area (Å²) in [4.78, 5) is 17.4. The van der Waals surface area contributed by atoms with Crippen LogP contribution in [0.4, 0.5) is 5.69 Å². The number of nitrogens with zero attached hydrogens (tertiary/aromatic N) is 2. The summed E-state index contributed by atoms with van der Waals surface area (Å²) >= 11 is 6.15. The van der Waals surface area contributed by atoms with Crippen LogP contribution in [0.2, 0.25) is 5.02 Å². The molecule has 2 aromatic rings. The molecule has 1 aliphatic rings. The molecule has 150 valence electrons. The van der Waals surface area contributed by atoms with Crippen molar-refractivity contribution < 1.29 is 9.53 Å². The first-order valence-electron chi connectivity index (χ1n) is 9.71. The minimum absolute atomic E-state index is 0.0160. The highest BCUT2D eigenvalue weighted by Gasteiger charge is 2.24. The molecule has 0 saturated carbocycles. The molecule has 1 fully saturated rings. The van der Waals surface area contributed by atoms with E-state index in [2.05, 4.69) is 39.4 Å². The third-order valence-electron chi connectivity index (χ3n) is 5.22. The third kappa shape index (κ3) is 5.47. The van der Waals surface area contributed by atoms with Crippen molar-refractivity contribution in [3.05, 3.63) is 59.1 Å². The van der Waals surface area contributed by atoms with Gasteiger partial charge in [0.25, 0.3) is 0 Å². The molecule has 5 nitrogen and oxygen atoms in total. The van der Waals surface area contributed by atoms with E-state index in [4.69, 9.17) is 16.3 Å². The summed E-state index contributed by atoms with van der Waals surface area (Å²) in [6.07, 6.45) is 1.05. The van der Waals surface area contributed by atoms with Crippen molar-refractivity contribution in [3.8, 4) is 5.75 Å². The van der Waals surface area contributed by atoms with Gasteiger partial charge >= 0.3 is 0 Å². The lowest BCUT2D eigenvalue weighted by Gasteiger charge is -2.27. The number of halogens is 1. The Morgan fingerprint density at radius 1 is 1.14 bits per heavy atom. The van der Waals surface area contributed by atoms with Gasteiger partial charge in [-0.2, -0.15) is 0 Å². The molecule has 1 atom stereocenters.